The molecule has 0 fully saturated rings. The zero-order valence-corrected chi connectivity index (χ0v) is 26.2. The van der Waals surface area contributed by atoms with Crippen molar-refractivity contribution in [3.05, 3.63) is 204 Å². The Morgan fingerprint density at radius 3 is 1.73 bits per heavy atom. The number of benzene rings is 8. The summed E-state index contributed by atoms with van der Waals surface area (Å²) >= 11 is 0. The van der Waals surface area contributed by atoms with Crippen LogP contribution in [0.25, 0.3) is 55.3 Å². The molecule has 0 saturated heterocycles. The van der Waals surface area contributed by atoms with Gasteiger partial charge in [-0.1, -0.05) is 164 Å². The summed E-state index contributed by atoms with van der Waals surface area (Å²) in [4.78, 5) is 0. The highest BCUT2D eigenvalue weighted by molar-refractivity contribution is 6.01. The van der Waals surface area contributed by atoms with E-state index in [9.17, 15) is 0 Å². The Kier molecular flexibility index (Phi) is 5.86. The zero-order valence-electron chi connectivity index (χ0n) is 26.2. The lowest BCUT2D eigenvalue weighted by Crippen LogP contribution is -2.32. The highest BCUT2D eigenvalue weighted by atomic mass is 16.5. The molecule has 48 heavy (non-hydrogen) atoms. The summed E-state index contributed by atoms with van der Waals surface area (Å²) in [7, 11) is 0. The average Bonchev–Trinajstić information content (AvgIpc) is 3.45. The Bertz CT molecular complexity index is 2490. The molecule has 0 bridgehead atoms. The fourth-order valence-electron chi connectivity index (χ4n) is 8.32. The fraction of sp³-hybridized carbons (Fsp3) is 0.0213. The van der Waals surface area contributed by atoms with Gasteiger partial charge in [-0.15, -0.1) is 0 Å². The summed E-state index contributed by atoms with van der Waals surface area (Å²) in [6.07, 6.45) is 0. The van der Waals surface area contributed by atoms with Crippen molar-refractivity contribution in [3.63, 3.8) is 0 Å². The van der Waals surface area contributed by atoms with E-state index in [4.69, 9.17) is 4.74 Å². The molecule has 1 aliphatic heterocycles. The van der Waals surface area contributed by atoms with Crippen LogP contribution in [0.3, 0.4) is 0 Å². The molecule has 0 unspecified atom stereocenters. The topological polar surface area (TPSA) is 9.23 Å². The smallest absolute Gasteiger partial charge is 0.132 e. The summed E-state index contributed by atoms with van der Waals surface area (Å²) < 4.78 is 6.89. The van der Waals surface area contributed by atoms with Crippen molar-refractivity contribution in [2.45, 2.75) is 5.41 Å². The van der Waals surface area contributed by atoms with Crippen LogP contribution < -0.4 is 4.74 Å². The van der Waals surface area contributed by atoms with Gasteiger partial charge in [0.25, 0.3) is 0 Å². The molecule has 1 nitrogen and oxygen atoms in total. The Hall–Kier alpha value is -6.18. The number of hydrogen-bond donors (Lipinski definition) is 0. The maximum absolute atomic E-state index is 6.89. The first-order chi connectivity index (χ1) is 23.8. The van der Waals surface area contributed by atoms with Gasteiger partial charge in [0.1, 0.15) is 11.5 Å². The van der Waals surface area contributed by atoms with Crippen molar-refractivity contribution in [2.24, 2.45) is 0 Å². The molecule has 0 aromatic heterocycles. The van der Waals surface area contributed by atoms with Crippen molar-refractivity contribution in [2.75, 3.05) is 0 Å². The number of para-hydroxylation sites is 1. The van der Waals surface area contributed by atoms with E-state index >= 15 is 0 Å². The third kappa shape index (κ3) is 3.79. The number of ether oxygens (including phenoxy) is 1. The van der Waals surface area contributed by atoms with Crippen molar-refractivity contribution < 1.29 is 4.74 Å². The van der Waals surface area contributed by atoms with Crippen LogP contribution in [0.15, 0.2) is 182 Å². The van der Waals surface area contributed by atoms with Crippen LogP contribution in [-0.4, -0.2) is 0 Å². The van der Waals surface area contributed by atoms with Crippen LogP contribution in [0.1, 0.15) is 22.3 Å². The Balaban J connectivity index is 1.24. The van der Waals surface area contributed by atoms with E-state index in [0.717, 1.165) is 17.1 Å². The molecule has 0 atom stereocenters. The van der Waals surface area contributed by atoms with E-state index in [1.54, 1.807) is 0 Å². The zero-order chi connectivity index (χ0) is 31.7. The second-order valence-corrected chi connectivity index (χ2v) is 12.8. The Morgan fingerprint density at radius 1 is 0.312 bits per heavy atom. The average molecular weight is 611 g/mol. The summed E-state index contributed by atoms with van der Waals surface area (Å²) in [5, 5.41) is 2.48. The van der Waals surface area contributed by atoms with E-state index in [1.807, 2.05) is 0 Å². The summed E-state index contributed by atoms with van der Waals surface area (Å²) in [5.74, 6) is 1.80. The summed E-state index contributed by atoms with van der Waals surface area (Å²) in [6.45, 7) is 0. The standard InChI is InChI=1S/C47H30O/c1-2-13-31(14-3-1)33-25-27-37(36-20-12-16-32-15-4-5-17-35(32)36)40(29-33)34-26-28-44-46(30-34)48-45-24-11-10-23-43(45)47(44)41-21-8-6-18-38(41)39-19-7-9-22-42(39)47/h1-30H. The first-order valence-electron chi connectivity index (χ1n) is 16.6. The quantitative estimate of drug-likeness (QED) is 0.193. The SMILES string of the molecule is c1ccc(-c2ccc(-c3cccc4ccccc34)c(-c3ccc4c(c3)Oc3ccccc3C43c4ccccc4-c4ccccc43)c2)cc1. The lowest BCUT2D eigenvalue weighted by Gasteiger charge is -2.39. The van der Waals surface area contributed by atoms with Gasteiger partial charge in [-0.05, 0) is 84.6 Å². The van der Waals surface area contributed by atoms with Crippen molar-refractivity contribution in [3.8, 4) is 56.0 Å². The lowest BCUT2D eigenvalue weighted by molar-refractivity contribution is 0.436. The Morgan fingerprint density at radius 2 is 0.917 bits per heavy atom. The molecule has 0 N–H and O–H groups in total. The molecule has 0 radical (unpaired) electrons. The van der Waals surface area contributed by atoms with Gasteiger partial charge < -0.3 is 4.74 Å². The maximum atomic E-state index is 6.89. The first-order valence-corrected chi connectivity index (χ1v) is 16.6. The summed E-state index contributed by atoms with van der Waals surface area (Å²) in [6, 6.07) is 66.1. The number of rotatable bonds is 3. The van der Waals surface area contributed by atoms with Gasteiger partial charge in [-0.3, -0.25) is 0 Å². The van der Waals surface area contributed by atoms with Gasteiger partial charge >= 0.3 is 0 Å². The van der Waals surface area contributed by atoms with Gasteiger partial charge in [0.15, 0.2) is 0 Å². The number of fused-ring (bicyclic) bond motifs is 10. The minimum atomic E-state index is -0.472. The minimum Gasteiger partial charge on any atom is -0.457 e. The molecule has 8 aromatic rings. The predicted octanol–water partition coefficient (Wildman–Crippen LogP) is 12.3. The largest absolute Gasteiger partial charge is 0.457 e. The molecule has 0 amide bonds. The van der Waals surface area contributed by atoms with Gasteiger partial charge in [0.05, 0.1) is 5.41 Å². The molecule has 1 heteroatoms. The first kappa shape index (κ1) is 27.0. The molecule has 1 heterocycles. The molecule has 10 rings (SSSR count). The van der Waals surface area contributed by atoms with E-state index in [1.165, 1.54) is 72.0 Å². The van der Waals surface area contributed by atoms with Crippen LogP contribution in [0.2, 0.25) is 0 Å². The van der Waals surface area contributed by atoms with Crippen LogP contribution in [0.5, 0.6) is 11.5 Å². The lowest BCUT2D eigenvalue weighted by atomic mass is 9.66. The van der Waals surface area contributed by atoms with E-state index in [-0.39, 0.29) is 0 Å². The molecule has 1 spiro atoms. The van der Waals surface area contributed by atoms with Crippen LogP contribution >= 0.6 is 0 Å². The maximum Gasteiger partial charge on any atom is 0.132 e. The van der Waals surface area contributed by atoms with Crippen LogP contribution in [-0.2, 0) is 5.41 Å². The third-order valence-corrected chi connectivity index (χ3v) is 10.4. The predicted molar refractivity (Wildman–Crippen MR) is 198 cm³/mol. The molecule has 1 aliphatic carbocycles. The summed E-state index contributed by atoms with van der Waals surface area (Å²) in [5.41, 5.74) is 14.2. The van der Waals surface area contributed by atoms with Crippen LogP contribution in [0, 0.1) is 0 Å². The van der Waals surface area contributed by atoms with E-state index in [0.29, 0.717) is 0 Å². The monoisotopic (exact) mass is 610 g/mol. The normalized spacial score (nSPS) is 13.3. The van der Waals surface area contributed by atoms with Gasteiger partial charge in [-0.2, -0.15) is 0 Å². The molecular formula is C47H30O. The second-order valence-electron chi connectivity index (χ2n) is 12.8. The third-order valence-electron chi connectivity index (χ3n) is 10.4. The van der Waals surface area contributed by atoms with E-state index < -0.39 is 5.41 Å². The molecular weight excluding hydrogens is 581 g/mol. The van der Waals surface area contributed by atoms with Crippen molar-refractivity contribution in [1.29, 1.82) is 0 Å². The van der Waals surface area contributed by atoms with Gasteiger partial charge in [0.2, 0.25) is 0 Å². The molecule has 224 valence electrons. The Labute approximate surface area is 280 Å². The highest BCUT2D eigenvalue weighted by Crippen LogP contribution is 2.62. The molecule has 0 saturated carbocycles. The van der Waals surface area contributed by atoms with Gasteiger partial charge in [0, 0.05) is 11.1 Å². The van der Waals surface area contributed by atoms with Crippen molar-refractivity contribution >= 4 is 10.8 Å². The minimum absolute atomic E-state index is 0.472. The number of hydrogen-bond acceptors (Lipinski definition) is 1. The van der Waals surface area contributed by atoms with E-state index in [2.05, 4.69) is 182 Å². The van der Waals surface area contributed by atoms with Gasteiger partial charge in [-0.25, -0.2) is 0 Å². The second kappa shape index (κ2) is 10.4. The molecule has 8 aromatic carbocycles. The van der Waals surface area contributed by atoms with Crippen LogP contribution in [0.4, 0.5) is 0 Å². The highest BCUT2D eigenvalue weighted by Gasteiger charge is 2.50. The molecule has 2 aliphatic rings. The van der Waals surface area contributed by atoms with Crippen molar-refractivity contribution in [1.82, 2.24) is 0 Å². The fourth-order valence-corrected chi connectivity index (χ4v) is 8.32.